The summed E-state index contributed by atoms with van der Waals surface area (Å²) in [5, 5.41) is 7.45. The van der Waals surface area contributed by atoms with E-state index in [0.29, 0.717) is 24.6 Å². The first-order valence-corrected chi connectivity index (χ1v) is 10.1. The lowest BCUT2D eigenvalue weighted by atomic mass is 10.1. The van der Waals surface area contributed by atoms with Crippen LogP contribution in [0.1, 0.15) is 21.6 Å². The number of amides is 1. The van der Waals surface area contributed by atoms with Crippen molar-refractivity contribution < 1.29 is 9.53 Å². The van der Waals surface area contributed by atoms with Crippen LogP contribution in [-0.2, 0) is 19.5 Å². The Balaban J connectivity index is 1.39. The summed E-state index contributed by atoms with van der Waals surface area (Å²) in [6.45, 7) is 1.09. The summed E-state index contributed by atoms with van der Waals surface area (Å²) in [5.41, 5.74) is 5.04. The molecule has 4 aromatic rings. The van der Waals surface area contributed by atoms with E-state index in [-0.39, 0.29) is 5.91 Å². The smallest absolute Gasteiger partial charge is 0.272 e. The normalized spacial score (nSPS) is 12.0. The summed E-state index contributed by atoms with van der Waals surface area (Å²) >= 11 is 0. The minimum Gasteiger partial charge on any atom is -0.497 e. The Morgan fingerprint density at radius 1 is 1.13 bits per heavy atom. The van der Waals surface area contributed by atoms with Gasteiger partial charge in [0.05, 0.1) is 18.5 Å². The van der Waals surface area contributed by atoms with E-state index in [2.05, 4.69) is 15.4 Å². The SMILES string of the molecule is COc1cccc(CNC(=O)c2cc3n(n2)CCc2cnc(-c4ccccc4)nc2-3)c1. The predicted molar refractivity (Wildman–Crippen MR) is 117 cm³/mol. The third-order valence-electron chi connectivity index (χ3n) is 5.33. The van der Waals surface area contributed by atoms with Crippen molar-refractivity contribution in [2.75, 3.05) is 7.11 Å². The molecule has 31 heavy (non-hydrogen) atoms. The molecule has 0 spiro atoms. The highest BCUT2D eigenvalue weighted by Gasteiger charge is 2.23. The van der Waals surface area contributed by atoms with E-state index in [1.54, 1.807) is 13.2 Å². The molecule has 0 aliphatic carbocycles. The van der Waals surface area contributed by atoms with Crippen molar-refractivity contribution in [1.29, 1.82) is 0 Å². The van der Waals surface area contributed by atoms with Gasteiger partial charge in [0.15, 0.2) is 11.5 Å². The van der Waals surface area contributed by atoms with Gasteiger partial charge in [-0.2, -0.15) is 5.10 Å². The van der Waals surface area contributed by atoms with Crippen molar-refractivity contribution in [3.63, 3.8) is 0 Å². The van der Waals surface area contributed by atoms with Gasteiger partial charge < -0.3 is 10.1 Å². The third kappa shape index (κ3) is 3.77. The topological polar surface area (TPSA) is 81.9 Å². The van der Waals surface area contributed by atoms with E-state index in [0.717, 1.165) is 40.2 Å². The highest BCUT2D eigenvalue weighted by molar-refractivity contribution is 5.93. The Bertz CT molecular complexity index is 1250. The molecule has 1 N–H and O–H groups in total. The van der Waals surface area contributed by atoms with Crippen LogP contribution in [0, 0.1) is 0 Å². The molecule has 1 aliphatic rings. The second-order valence-electron chi connectivity index (χ2n) is 7.36. The average Bonchev–Trinajstić information content (AvgIpc) is 3.28. The molecule has 0 bridgehead atoms. The summed E-state index contributed by atoms with van der Waals surface area (Å²) in [6, 6.07) is 19.3. The van der Waals surface area contributed by atoms with Crippen molar-refractivity contribution in [3.8, 4) is 28.5 Å². The van der Waals surface area contributed by atoms with E-state index in [1.165, 1.54) is 0 Å². The number of aromatic nitrogens is 4. The molecule has 5 rings (SSSR count). The minimum absolute atomic E-state index is 0.219. The Kier molecular flexibility index (Phi) is 4.92. The van der Waals surface area contributed by atoms with Gasteiger partial charge in [-0.3, -0.25) is 9.48 Å². The van der Waals surface area contributed by atoms with Crippen molar-refractivity contribution in [2.45, 2.75) is 19.5 Å². The molecule has 2 aromatic heterocycles. The second-order valence-corrected chi connectivity index (χ2v) is 7.36. The molecular formula is C24H21N5O2. The monoisotopic (exact) mass is 411 g/mol. The lowest BCUT2D eigenvalue weighted by Crippen LogP contribution is -2.23. The molecule has 0 saturated carbocycles. The fourth-order valence-electron chi connectivity index (χ4n) is 3.71. The molecule has 0 saturated heterocycles. The first kappa shape index (κ1) is 19.0. The number of nitrogens with zero attached hydrogens (tertiary/aromatic N) is 4. The first-order chi connectivity index (χ1) is 15.2. The molecule has 0 radical (unpaired) electrons. The predicted octanol–water partition coefficient (Wildman–Crippen LogP) is 3.50. The van der Waals surface area contributed by atoms with Crippen molar-refractivity contribution in [3.05, 3.63) is 83.7 Å². The number of hydrogen-bond donors (Lipinski definition) is 1. The molecule has 0 unspecified atom stereocenters. The third-order valence-corrected chi connectivity index (χ3v) is 5.33. The molecule has 2 aromatic carbocycles. The number of benzene rings is 2. The van der Waals surface area contributed by atoms with Crippen LogP contribution in [0.25, 0.3) is 22.8 Å². The van der Waals surface area contributed by atoms with Crippen LogP contribution in [0.3, 0.4) is 0 Å². The molecule has 3 heterocycles. The standard InChI is InChI=1S/C24H21N5O2/c1-31-19-9-5-6-16(12-19)14-26-24(30)20-13-21-22-18(10-11-29(21)28-20)15-25-23(27-22)17-7-3-2-4-8-17/h2-9,12-13,15H,10-11,14H2,1H3,(H,26,30). The van der Waals surface area contributed by atoms with Gasteiger partial charge >= 0.3 is 0 Å². The maximum absolute atomic E-state index is 12.7. The lowest BCUT2D eigenvalue weighted by molar-refractivity contribution is 0.0945. The molecule has 0 fully saturated rings. The maximum Gasteiger partial charge on any atom is 0.272 e. The zero-order valence-corrected chi connectivity index (χ0v) is 17.1. The van der Waals surface area contributed by atoms with Crippen LogP contribution < -0.4 is 10.1 Å². The van der Waals surface area contributed by atoms with E-state index >= 15 is 0 Å². The molecule has 7 heteroatoms. The second kappa shape index (κ2) is 8.02. The van der Waals surface area contributed by atoms with Gasteiger partial charge in [-0.25, -0.2) is 9.97 Å². The van der Waals surface area contributed by atoms with Crippen LogP contribution in [0.4, 0.5) is 0 Å². The zero-order valence-electron chi connectivity index (χ0n) is 17.1. The summed E-state index contributed by atoms with van der Waals surface area (Å²) in [4.78, 5) is 22.1. The maximum atomic E-state index is 12.7. The Hall–Kier alpha value is -4.00. The summed E-state index contributed by atoms with van der Waals surface area (Å²) in [6.07, 6.45) is 2.66. The minimum atomic E-state index is -0.219. The van der Waals surface area contributed by atoms with Gasteiger partial charge in [-0.05, 0) is 30.2 Å². The molecule has 1 aliphatic heterocycles. The van der Waals surface area contributed by atoms with E-state index in [9.17, 15) is 4.79 Å². The molecule has 0 atom stereocenters. The quantitative estimate of drug-likeness (QED) is 0.544. The van der Waals surface area contributed by atoms with Crippen molar-refractivity contribution in [1.82, 2.24) is 25.1 Å². The summed E-state index contributed by atoms with van der Waals surface area (Å²) in [5.74, 6) is 1.20. The Morgan fingerprint density at radius 2 is 2.00 bits per heavy atom. The number of rotatable bonds is 5. The number of carbonyl (C=O) groups excluding carboxylic acids is 1. The summed E-state index contributed by atoms with van der Waals surface area (Å²) in [7, 11) is 1.62. The molecular weight excluding hydrogens is 390 g/mol. The van der Waals surface area contributed by atoms with Gasteiger partial charge in [0.1, 0.15) is 5.75 Å². The number of carbonyl (C=O) groups is 1. The van der Waals surface area contributed by atoms with Crippen LogP contribution in [0.2, 0.25) is 0 Å². The number of hydrogen-bond acceptors (Lipinski definition) is 5. The van der Waals surface area contributed by atoms with E-state index in [1.807, 2.05) is 65.5 Å². The number of nitrogens with one attached hydrogen (secondary N) is 1. The van der Waals surface area contributed by atoms with Crippen LogP contribution in [-0.4, -0.2) is 32.8 Å². The molecule has 7 nitrogen and oxygen atoms in total. The highest BCUT2D eigenvalue weighted by atomic mass is 16.5. The van der Waals surface area contributed by atoms with Gasteiger partial charge in [-0.15, -0.1) is 0 Å². The molecule has 154 valence electrons. The molecule has 1 amide bonds. The fraction of sp³-hybridized carbons (Fsp3) is 0.167. The average molecular weight is 411 g/mol. The summed E-state index contributed by atoms with van der Waals surface area (Å²) < 4.78 is 7.09. The highest BCUT2D eigenvalue weighted by Crippen LogP contribution is 2.29. The van der Waals surface area contributed by atoms with Crippen LogP contribution in [0.5, 0.6) is 5.75 Å². The largest absolute Gasteiger partial charge is 0.497 e. The first-order valence-electron chi connectivity index (χ1n) is 10.1. The van der Waals surface area contributed by atoms with Crippen LogP contribution >= 0.6 is 0 Å². The van der Waals surface area contributed by atoms with Gasteiger partial charge in [0.25, 0.3) is 5.91 Å². The van der Waals surface area contributed by atoms with Gasteiger partial charge in [0.2, 0.25) is 0 Å². The van der Waals surface area contributed by atoms with E-state index < -0.39 is 0 Å². The number of methoxy groups -OCH3 is 1. The number of fused-ring (bicyclic) bond motifs is 3. The number of ether oxygens (including phenoxy) is 1. The van der Waals surface area contributed by atoms with Crippen molar-refractivity contribution >= 4 is 5.91 Å². The van der Waals surface area contributed by atoms with Gasteiger partial charge in [0, 0.05) is 30.4 Å². The fourth-order valence-corrected chi connectivity index (χ4v) is 3.71. The van der Waals surface area contributed by atoms with Crippen LogP contribution in [0.15, 0.2) is 66.9 Å². The Morgan fingerprint density at radius 3 is 2.84 bits per heavy atom. The van der Waals surface area contributed by atoms with Crippen molar-refractivity contribution in [2.24, 2.45) is 0 Å². The van der Waals surface area contributed by atoms with Gasteiger partial charge in [-0.1, -0.05) is 42.5 Å². The number of aryl methyl sites for hydroxylation is 2. The van der Waals surface area contributed by atoms with E-state index in [4.69, 9.17) is 9.72 Å². The lowest BCUT2D eigenvalue weighted by Gasteiger charge is -2.17. The zero-order chi connectivity index (χ0) is 21.2. The Labute approximate surface area is 179 Å².